The van der Waals surface area contributed by atoms with Gasteiger partial charge in [-0.1, -0.05) is 57.2 Å². The first-order valence-corrected chi connectivity index (χ1v) is 8.06. The molecule has 0 aromatic heterocycles. The van der Waals surface area contributed by atoms with Crippen molar-refractivity contribution in [3.05, 3.63) is 69.8 Å². The van der Waals surface area contributed by atoms with Crippen molar-refractivity contribution in [2.24, 2.45) is 5.10 Å². The molecule has 0 aliphatic rings. The minimum absolute atomic E-state index is 0.0365. The van der Waals surface area contributed by atoms with Gasteiger partial charge in [0.2, 0.25) is 0 Å². The summed E-state index contributed by atoms with van der Waals surface area (Å²) in [5, 5.41) is 14.7. The maximum atomic E-state index is 11.8. The molecule has 0 atom stereocenters. The van der Waals surface area contributed by atoms with Gasteiger partial charge in [0.25, 0.3) is 5.91 Å². The number of hydrogen-bond donors (Lipinski definition) is 1. The van der Waals surface area contributed by atoms with Crippen molar-refractivity contribution in [2.45, 2.75) is 26.2 Å². The van der Waals surface area contributed by atoms with Crippen LogP contribution >= 0.6 is 0 Å². The number of para-hydroxylation sites is 2. The number of nitrogens with zero attached hydrogens (tertiary/aromatic N) is 2. The molecule has 1 N–H and O–H groups in total. The first kappa shape index (κ1) is 19.1. The summed E-state index contributed by atoms with van der Waals surface area (Å²) in [7, 11) is 0. The first-order valence-electron chi connectivity index (χ1n) is 8.06. The van der Waals surface area contributed by atoms with Gasteiger partial charge in [0.15, 0.2) is 12.4 Å². The molecule has 0 saturated heterocycles. The summed E-state index contributed by atoms with van der Waals surface area (Å²) in [6.07, 6.45) is 1.52. The van der Waals surface area contributed by atoms with Gasteiger partial charge in [-0.05, 0) is 22.6 Å². The van der Waals surface area contributed by atoms with E-state index in [0.717, 1.165) is 5.56 Å². The van der Waals surface area contributed by atoms with Gasteiger partial charge in [-0.15, -0.1) is 0 Å². The zero-order valence-electron chi connectivity index (χ0n) is 14.9. The molecule has 7 nitrogen and oxygen atoms in total. The molecule has 0 spiro atoms. The van der Waals surface area contributed by atoms with Gasteiger partial charge < -0.3 is 4.74 Å². The maximum Gasteiger partial charge on any atom is 0.310 e. The fraction of sp³-hybridized carbons (Fsp3) is 0.263. The standard InChI is InChI=1S/C19H21N3O4/c1-19(2,3)15-10-8-14(9-11-15)12-20-21-18(23)13-26-17-7-5-4-6-16(17)22(24)25/h4-12H,13H2,1-3H3,(H,21,23)/b20-12+. The van der Waals surface area contributed by atoms with E-state index >= 15 is 0 Å². The monoisotopic (exact) mass is 355 g/mol. The van der Waals surface area contributed by atoms with Gasteiger partial charge >= 0.3 is 5.69 Å². The number of amides is 1. The van der Waals surface area contributed by atoms with Crippen molar-refractivity contribution in [1.82, 2.24) is 5.43 Å². The zero-order valence-corrected chi connectivity index (χ0v) is 14.9. The van der Waals surface area contributed by atoms with Gasteiger partial charge in [0, 0.05) is 6.07 Å². The highest BCUT2D eigenvalue weighted by Crippen LogP contribution is 2.25. The Bertz CT molecular complexity index is 808. The van der Waals surface area contributed by atoms with Crippen LogP contribution in [0.5, 0.6) is 5.75 Å². The van der Waals surface area contributed by atoms with Gasteiger partial charge in [-0.3, -0.25) is 14.9 Å². The average Bonchev–Trinajstić information content (AvgIpc) is 2.60. The Morgan fingerprint density at radius 2 is 1.85 bits per heavy atom. The number of hydrogen-bond acceptors (Lipinski definition) is 5. The van der Waals surface area contributed by atoms with E-state index in [4.69, 9.17) is 4.74 Å². The molecule has 1 amide bonds. The lowest BCUT2D eigenvalue weighted by molar-refractivity contribution is -0.385. The first-order chi connectivity index (χ1) is 12.3. The summed E-state index contributed by atoms with van der Waals surface area (Å²) in [4.78, 5) is 22.1. The summed E-state index contributed by atoms with van der Waals surface area (Å²) >= 11 is 0. The summed E-state index contributed by atoms with van der Waals surface area (Å²) in [5.74, 6) is -0.472. The third-order valence-electron chi connectivity index (χ3n) is 3.60. The highest BCUT2D eigenvalue weighted by atomic mass is 16.6. The molecule has 0 heterocycles. The summed E-state index contributed by atoms with van der Waals surface area (Å²) < 4.78 is 5.19. The molecular formula is C19H21N3O4. The number of nitro benzene ring substituents is 1. The van der Waals surface area contributed by atoms with Gasteiger partial charge in [0.05, 0.1) is 11.1 Å². The number of carbonyl (C=O) groups is 1. The van der Waals surface area contributed by atoms with E-state index < -0.39 is 10.8 Å². The van der Waals surface area contributed by atoms with Crippen LogP contribution in [0.25, 0.3) is 0 Å². The molecule has 0 aliphatic heterocycles. The molecule has 26 heavy (non-hydrogen) atoms. The van der Waals surface area contributed by atoms with Crippen molar-refractivity contribution in [1.29, 1.82) is 0 Å². The van der Waals surface area contributed by atoms with Crippen LogP contribution in [0.3, 0.4) is 0 Å². The van der Waals surface area contributed by atoms with Gasteiger partial charge in [-0.2, -0.15) is 5.10 Å². The van der Waals surface area contributed by atoms with Crippen LogP contribution in [0.4, 0.5) is 5.69 Å². The molecule has 7 heteroatoms. The molecule has 0 radical (unpaired) electrons. The molecule has 0 unspecified atom stereocenters. The fourth-order valence-corrected chi connectivity index (χ4v) is 2.15. The van der Waals surface area contributed by atoms with Crippen molar-refractivity contribution < 1.29 is 14.5 Å². The average molecular weight is 355 g/mol. The SMILES string of the molecule is CC(C)(C)c1ccc(/C=N/NC(=O)COc2ccccc2[N+](=O)[O-])cc1. The third-order valence-corrected chi connectivity index (χ3v) is 3.60. The van der Waals surface area contributed by atoms with E-state index in [0.29, 0.717) is 0 Å². The van der Waals surface area contributed by atoms with E-state index in [2.05, 4.69) is 31.3 Å². The summed E-state index contributed by atoms with van der Waals surface area (Å²) in [6.45, 7) is 6.03. The predicted molar refractivity (Wildman–Crippen MR) is 99.5 cm³/mol. The molecule has 136 valence electrons. The third kappa shape index (κ3) is 5.41. The van der Waals surface area contributed by atoms with Crippen molar-refractivity contribution >= 4 is 17.8 Å². The van der Waals surface area contributed by atoms with Crippen LogP contribution in [0, 0.1) is 10.1 Å². The topological polar surface area (TPSA) is 93.8 Å². The Hall–Kier alpha value is -3.22. The van der Waals surface area contributed by atoms with Crippen molar-refractivity contribution in [2.75, 3.05) is 6.61 Å². The molecule has 0 bridgehead atoms. The second kappa shape index (κ2) is 8.24. The van der Waals surface area contributed by atoms with Crippen LogP contribution < -0.4 is 10.2 Å². The number of carbonyl (C=O) groups excluding carboxylic acids is 1. The normalized spacial score (nSPS) is 11.3. The van der Waals surface area contributed by atoms with Crippen LogP contribution in [0.15, 0.2) is 53.6 Å². The van der Waals surface area contributed by atoms with E-state index in [9.17, 15) is 14.9 Å². The Morgan fingerprint density at radius 3 is 2.46 bits per heavy atom. The summed E-state index contributed by atoms with van der Waals surface area (Å²) in [5.41, 5.74) is 4.26. The van der Waals surface area contributed by atoms with Crippen molar-refractivity contribution in [3.8, 4) is 5.75 Å². The molecular weight excluding hydrogens is 334 g/mol. The highest BCUT2D eigenvalue weighted by molar-refractivity contribution is 5.83. The van der Waals surface area contributed by atoms with Crippen LogP contribution in [-0.4, -0.2) is 23.7 Å². The minimum atomic E-state index is -0.563. The van der Waals surface area contributed by atoms with Crippen LogP contribution in [-0.2, 0) is 10.2 Å². The van der Waals surface area contributed by atoms with E-state index in [1.807, 2.05) is 24.3 Å². The largest absolute Gasteiger partial charge is 0.477 e. The minimum Gasteiger partial charge on any atom is -0.477 e. The lowest BCUT2D eigenvalue weighted by Crippen LogP contribution is -2.24. The second-order valence-electron chi connectivity index (χ2n) is 6.68. The van der Waals surface area contributed by atoms with Gasteiger partial charge in [0.1, 0.15) is 0 Å². The van der Waals surface area contributed by atoms with Crippen molar-refractivity contribution in [3.63, 3.8) is 0 Å². The Kier molecular flexibility index (Phi) is 6.06. The Morgan fingerprint density at radius 1 is 1.19 bits per heavy atom. The molecule has 2 aromatic rings. The lowest BCUT2D eigenvalue weighted by atomic mass is 9.87. The van der Waals surface area contributed by atoms with Crippen LogP contribution in [0.2, 0.25) is 0 Å². The molecule has 0 fully saturated rings. The number of benzene rings is 2. The maximum absolute atomic E-state index is 11.8. The molecule has 2 rings (SSSR count). The van der Waals surface area contributed by atoms with Crippen LogP contribution in [0.1, 0.15) is 31.9 Å². The number of nitro groups is 1. The molecule has 0 saturated carbocycles. The van der Waals surface area contributed by atoms with E-state index in [-0.39, 0.29) is 23.5 Å². The quantitative estimate of drug-likeness (QED) is 0.488. The number of ether oxygens (including phenoxy) is 1. The highest BCUT2D eigenvalue weighted by Gasteiger charge is 2.15. The van der Waals surface area contributed by atoms with E-state index in [1.54, 1.807) is 6.07 Å². The zero-order chi connectivity index (χ0) is 19.2. The molecule has 0 aliphatic carbocycles. The van der Waals surface area contributed by atoms with E-state index in [1.165, 1.54) is 30.0 Å². The summed E-state index contributed by atoms with van der Waals surface area (Å²) in [6, 6.07) is 13.7. The number of nitrogens with one attached hydrogen (secondary N) is 1. The second-order valence-corrected chi connectivity index (χ2v) is 6.68. The Balaban J connectivity index is 1.87. The predicted octanol–water partition coefficient (Wildman–Crippen LogP) is 3.42. The number of hydrazone groups is 1. The Labute approximate surface area is 151 Å². The molecule has 2 aromatic carbocycles. The number of rotatable bonds is 6. The van der Waals surface area contributed by atoms with Gasteiger partial charge in [-0.25, -0.2) is 5.43 Å². The fourth-order valence-electron chi connectivity index (χ4n) is 2.15. The lowest BCUT2D eigenvalue weighted by Gasteiger charge is -2.18. The smallest absolute Gasteiger partial charge is 0.310 e.